The quantitative estimate of drug-likeness (QED) is 0.571. The van der Waals surface area contributed by atoms with E-state index in [4.69, 9.17) is 0 Å². The van der Waals surface area contributed by atoms with Gasteiger partial charge in [-0.05, 0) is 37.1 Å². The van der Waals surface area contributed by atoms with Crippen molar-refractivity contribution in [2.45, 2.75) is 31.2 Å². The predicted octanol–water partition coefficient (Wildman–Crippen LogP) is 2.62. The van der Waals surface area contributed by atoms with Crippen molar-refractivity contribution < 1.29 is 0 Å². The number of benzene rings is 1. The highest BCUT2D eigenvalue weighted by molar-refractivity contribution is 5.79. The van der Waals surface area contributed by atoms with Crippen molar-refractivity contribution in [3.05, 3.63) is 59.8 Å². The molecular formula is C24H34N6. The van der Waals surface area contributed by atoms with Gasteiger partial charge in [-0.3, -0.25) is 4.99 Å². The van der Waals surface area contributed by atoms with Crippen molar-refractivity contribution in [3.63, 3.8) is 0 Å². The van der Waals surface area contributed by atoms with Gasteiger partial charge in [0.2, 0.25) is 0 Å². The minimum atomic E-state index is 0.241. The van der Waals surface area contributed by atoms with Crippen molar-refractivity contribution in [1.29, 1.82) is 0 Å². The number of hydrogen-bond acceptors (Lipinski definition) is 4. The fourth-order valence-electron chi connectivity index (χ4n) is 4.37. The topological polar surface area (TPSA) is 55.8 Å². The Balaban J connectivity index is 1.28. The van der Waals surface area contributed by atoms with Crippen LogP contribution in [-0.4, -0.2) is 62.7 Å². The van der Waals surface area contributed by atoms with E-state index in [-0.39, 0.29) is 5.41 Å². The van der Waals surface area contributed by atoms with Gasteiger partial charge in [-0.2, -0.15) is 0 Å². The Labute approximate surface area is 180 Å². The summed E-state index contributed by atoms with van der Waals surface area (Å²) in [5.41, 5.74) is 2.84. The molecule has 0 spiro atoms. The Bertz CT molecular complexity index is 821. The van der Waals surface area contributed by atoms with Crippen molar-refractivity contribution in [2.75, 3.05) is 51.7 Å². The summed E-state index contributed by atoms with van der Waals surface area (Å²) in [6.45, 7) is 5.90. The van der Waals surface area contributed by atoms with Crippen LogP contribution in [0.2, 0.25) is 0 Å². The SMILES string of the molecule is CN=C(NCc1ccc(N2CCN(C)CC2)nc1)NCC1(c2ccccc2)CCC1. The molecule has 4 rings (SSSR count). The average molecular weight is 407 g/mol. The summed E-state index contributed by atoms with van der Waals surface area (Å²) in [5.74, 6) is 1.92. The lowest BCUT2D eigenvalue weighted by Gasteiger charge is -2.43. The molecule has 1 saturated carbocycles. The molecule has 6 heteroatoms. The van der Waals surface area contributed by atoms with E-state index in [0.717, 1.165) is 50.1 Å². The molecule has 1 aliphatic carbocycles. The van der Waals surface area contributed by atoms with Crippen molar-refractivity contribution in [1.82, 2.24) is 20.5 Å². The number of hydrogen-bond donors (Lipinski definition) is 2. The molecule has 1 aliphatic heterocycles. The summed E-state index contributed by atoms with van der Waals surface area (Å²) in [6, 6.07) is 15.2. The molecule has 6 nitrogen and oxygen atoms in total. The van der Waals surface area contributed by atoms with Crippen molar-refractivity contribution in [3.8, 4) is 0 Å². The summed E-state index contributed by atoms with van der Waals surface area (Å²) in [7, 11) is 4.01. The van der Waals surface area contributed by atoms with Gasteiger partial charge in [-0.15, -0.1) is 0 Å². The van der Waals surface area contributed by atoms with Gasteiger partial charge >= 0.3 is 0 Å². The van der Waals surface area contributed by atoms with Gasteiger partial charge in [0.1, 0.15) is 5.82 Å². The molecule has 2 aliphatic rings. The molecule has 2 aromatic rings. The third-order valence-corrected chi connectivity index (χ3v) is 6.61. The largest absolute Gasteiger partial charge is 0.356 e. The number of piperazine rings is 1. The van der Waals surface area contributed by atoms with E-state index in [1.54, 1.807) is 0 Å². The van der Waals surface area contributed by atoms with Crippen LogP contribution in [0.3, 0.4) is 0 Å². The molecular weight excluding hydrogens is 372 g/mol. The highest BCUT2D eigenvalue weighted by Crippen LogP contribution is 2.43. The van der Waals surface area contributed by atoms with Gasteiger partial charge in [0.05, 0.1) is 0 Å². The minimum Gasteiger partial charge on any atom is -0.356 e. The lowest BCUT2D eigenvalue weighted by molar-refractivity contribution is 0.244. The lowest BCUT2D eigenvalue weighted by Crippen LogP contribution is -2.48. The number of rotatable bonds is 6. The summed E-state index contributed by atoms with van der Waals surface area (Å²) in [6.07, 6.45) is 5.75. The van der Waals surface area contributed by atoms with E-state index in [1.165, 1.54) is 24.8 Å². The predicted molar refractivity (Wildman–Crippen MR) is 124 cm³/mol. The summed E-state index contributed by atoms with van der Waals surface area (Å²) in [5, 5.41) is 7.00. The van der Waals surface area contributed by atoms with E-state index < -0.39 is 0 Å². The van der Waals surface area contributed by atoms with Crippen LogP contribution in [0.25, 0.3) is 0 Å². The maximum atomic E-state index is 4.69. The molecule has 0 bridgehead atoms. The van der Waals surface area contributed by atoms with E-state index in [9.17, 15) is 0 Å². The lowest BCUT2D eigenvalue weighted by atomic mass is 9.64. The Morgan fingerprint density at radius 1 is 1.03 bits per heavy atom. The smallest absolute Gasteiger partial charge is 0.191 e. The number of aromatic nitrogens is 1. The van der Waals surface area contributed by atoms with Crippen LogP contribution < -0.4 is 15.5 Å². The zero-order chi connectivity index (χ0) is 20.8. The fourth-order valence-corrected chi connectivity index (χ4v) is 4.37. The van der Waals surface area contributed by atoms with Crippen LogP contribution >= 0.6 is 0 Å². The number of aliphatic imine (C=N–C) groups is 1. The average Bonchev–Trinajstić information content (AvgIpc) is 2.77. The second kappa shape index (κ2) is 9.47. The molecule has 1 saturated heterocycles. The van der Waals surface area contributed by atoms with Gasteiger partial charge in [-0.1, -0.05) is 42.8 Å². The molecule has 30 heavy (non-hydrogen) atoms. The number of nitrogens with one attached hydrogen (secondary N) is 2. The zero-order valence-corrected chi connectivity index (χ0v) is 18.3. The first-order chi connectivity index (χ1) is 14.7. The van der Waals surface area contributed by atoms with Crippen LogP contribution in [-0.2, 0) is 12.0 Å². The Morgan fingerprint density at radius 2 is 1.80 bits per heavy atom. The maximum Gasteiger partial charge on any atom is 0.191 e. The maximum absolute atomic E-state index is 4.69. The first-order valence-electron chi connectivity index (χ1n) is 11.1. The first kappa shape index (κ1) is 20.7. The monoisotopic (exact) mass is 406 g/mol. The molecule has 0 radical (unpaired) electrons. The second-order valence-electron chi connectivity index (χ2n) is 8.59. The third-order valence-electron chi connectivity index (χ3n) is 6.61. The molecule has 1 aromatic heterocycles. The van der Waals surface area contributed by atoms with E-state index >= 15 is 0 Å². The fraction of sp³-hybridized carbons (Fsp3) is 0.500. The van der Waals surface area contributed by atoms with Gasteiger partial charge < -0.3 is 20.4 Å². The molecule has 0 atom stereocenters. The Kier molecular flexibility index (Phi) is 6.53. The van der Waals surface area contributed by atoms with E-state index in [0.29, 0.717) is 6.54 Å². The third kappa shape index (κ3) is 4.75. The van der Waals surface area contributed by atoms with Crippen molar-refractivity contribution >= 4 is 11.8 Å². The molecule has 160 valence electrons. The highest BCUT2D eigenvalue weighted by atomic mass is 15.3. The van der Waals surface area contributed by atoms with E-state index in [1.807, 2.05) is 13.2 Å². The van der Waals surface area contributed by atoms with E-state index in [2.05, 4.69) is 79.9 Å². The highest BCUT2D eigenvalue weighted by Gasteiger charge is 2.38. The Morgan fingerprint density at radius 3 is 2.40 bits per heavy atom. The minimum absolute atomic E-state index is 0.241. The first-order valence-corrected chi connectivity index (χ1v) is 11.1. The zero-order valence-electron chi connectivity index (χ0n) is 18.3. The molecule has 2 fully saturated rings. The van der Waals surface area contributed by atoms with Crippen LogP contribution in [0.4, 0.5) is 5.82 Å². The van der Waals surface area contributed by atoms with Gasteiger partial charge in [0.15, 0.2) is 5.96 Å². The number of anilines is 1. The van der Waals surface area contributed by atoms with Crippen molar-refractivity contribution in [2.24, 2.45) is 4.99 Å². The van der Waals surface area contributed by atoms with Crippen LogP contribution in [0.1, 0.15) is 30.4 Å². The van der Waals surface area contributed by atoms with Gasteiger partial charge in [0.25, 0.3) is 0 Å². The molecule has 2 heterocycles. The number of guanidine groups is 1. The summed E-state index contributed by atoms with van der Waals surface area (Å²) in [4.78, 5) is 13.8. The summed E-state index contributed by atoms with van der Waals surface area (Å²) >= 11 is 0. The summed E-state index contributed by atoms with van der Waals surface area (Å²) < 4.78 is 0. The van der Waals surface area contributed by atoms with Crippen LogP contribution in [0.5, 0.6) is 0 Å². The molecule has 0 unspecified atom stereocenters. The molecule has 1 aromatic carbocycles. The molecule has 2 N–H and O–H groups in total. The van der Waals surface area contributed by atoms with Crippen LogP contribution in [0.15, 0.2) is 53.7 Å². The number of likely N-dealkylation sites (N-methyl/N-ethyl adjacent to an activating group) is 1. The standard InChI is InChI=1S/C24H34N6/c1-25-23(28-19-24(11-6-12-24)21-7-4-3-5-8-21)27-18-20-9-10-22(26-17-20)30-15-13-29(2)14-16-30/h3-5,7-10,17H,6,11-16,18-19H2,1-2H3,(H2,25,27,28). The normalized spacial score (nSPS) is 19.3. The van der Waals surface area contributed by atoms with Gasteiger partial charge in [-0.25, -0.2) is 4.98 Å². The molecule has 0 amide bonds. The van der Waals surface area contributed by atoms with Gasteiger partial charge in [0, 0.05) is 57.9 Å². The second-order valence-corrected chi connectivity index (χ2v) is 8.59. The number of pyridine rings is 1. The number of nitrogens with zero attached hydrogens (tertiary/aromatic N) is 4. The van der Waals surface area contributed by atoms with Crippen LogP contribution in [0, 0.1) is 0 Å². The Hall–Kier alpha value is -2.60.